The maximum Gasteiger partial charge on any atom is 0.495 e. The molecule has 0 spiro atoms. The third kappa shape index (κ3) is 1.88. The Hall–Kier alpha value is -1.33. The summed E-state index contributed by atoms with van der Waals surface area (Å²) in [7, 11) is -0.410. The number of fused-ring (bicyclic) bond motifs is 1. The van der Waals surface area contributed by atoms with Crippen LogP contribution in [0.15, 0.2) is 18.2 Å². The number of hydrogen-bond acceptors (Lipinski definition) is 3. The average Bonchev–Trinajstić information content (AvgIpc) is 2.75. The molecule has 100 valence electrons. The van der Waals surface area contributed by atoms with Gasteiger partial charge in [0.1, 0.15) is 0 Å². The largest absolute Gasteiger partial charge is 0.495 e. The normalized spacial score (nSPS) is 23.4. The van der Waals surface area contributed by atoms with Crippen molar-refractivity contribution in [2.24, 2.45) is 0 Å². The van der Waals surface area contributed by atoms with Gasteiger partial charge in [0.15, 0.2) is 0 Å². The van der Waals surface area contributed by atoms with Crippen molar-refractivity contribution in [2.45, 2.75) is 45.3 Å². The van der Waals surface area contributed by atoms with Gasteiger partial charge < -0.3 is 14.6 Å². The van der Waals surface area contributed by atoms with Gasteiger partial charge in [-0.05, 0) is 44.8 Å². The molecule has 0 unspecified atom stereocenters. The zero-order valence-electron chi connectivity index (χ0n) is 11.7. The van der Waals surface area contributed by atoms with E-state index in [0.29, 0.717) is 6.42 Å². The SMILES string of the molecule is CC1(C)OB(c2cccc3c2CC(=O)N3)OC1(C)C. The molecule has 2 aliphatic heterocycles. The Bertz CT molecular complexity index is 538. The van der Waals surface area contributed by atoms with Gasteiger partial charge in [0.2, 0.25) is 5.91 Å². The van der Waals surface area contributed by atoms with E-state index in [1.165, 1.54) is 0 Å². The third-order valence-corrected chi connectivity index (χ3v) is 4.33. The van der Waals surface area contributed by atoms with Crippen LogP contribution in [0.4, 0.5) is 5.69 Å². The number of hydrogen-bond donors (Lipinski definition) is 1. The van der Waals surface area contributed by atoms with E-state index in [1.54, 1.807) is 0 Å². The minimum atomic E-state index is -0.410. The first kappa shape index (κ1) is 12.7. The molecular formula is C14H18BNO3. The lowest BCUT2D eigenvalue weighted by molar-refractivity contribution is -0.115. The van der Waals surface area contributed by atoms with E-state index in [-0.39, 0.29) is 17.1 Å². The predicted molar refractivity (Wildman–Crippen MR) is 74.5 cm³/mol. The van der Waals surface area contributed by atoms with Gasteiger partial charge in [0.05, 0.1) is 17.6 Å². The Morgan fingerprint density at radius 1 is 1.16 bits per heavy atom. The van der Waals surface area contributed by atoms with Crippen LogP contribution < -0.4 is 10.8 Å². The second-order valence-corrected chi connectivity index (χ2v) is 6.19. The van der Waals surface area contributed by atoms with E-state index in [2.05, 4.69) is 5.32 Å². The van der Waals surface area contributed by atoms with Crippen molar-refractivity contribution in [3.8, 4) is 0 Å². The van der Waals surface area contributed by atoms with Crippen LogP contribution in [-0.2, 0) is 20.5 Å². The molecule has 0 saturated carbocycles. The lowest BCUT2D eigenvalue weighted by Crippen LogP contribution is -2.41. The van der Waals surface area contributed by atoms with E-state index < -0.39 is 7.12 Å². The van der Waals surface area contributed by atoms with Crippen molar-refractivity contribution in [2.75, 3.05) is 5.32 Å². The number of amides is 1. The van der Waals surface area contributed by atoms with Crippen molar-refractivity contribution in [3.63, 3.8) is 0 Å². The van der Waals surface area contributed by atoms with E-state index in [4.69, 9.17) is 9.31 Å². The van der Waals surface area contributed by atoms with Gasteiger partial charge in [-0.3, -0.25) is 4.79 Å². The summed E-state index contributed by atoms with van der Waals surface area (Å²) in [5, 5.41) is 2.85. The van der Waals surface area contributed by atoms with E-state index in [9.17, 15) is 4.79 Å². The zero-order valence-corrected chi connectivity index (χ0v) is 11.7. The molecule has 4 nitrogen and oxygen atoms in total. The number of carbonyl (C=O) groups is 1. The third-order valence-electron chi connectivity index (χ3n) is 4.33. The smallest absolute Gasteiger partial charge is 0.399 e. The Morgan fingerprint density at radius 2 is 1.79 bits per heavy atom. The molecule has 0 aliphatic carbocycles. The standard InChI is InChI=1S/C14H18BNO3/c1-13(2)14(3,4)19-15(18-13)10-6-5-7-11-9(10)8-12(17)16-11/h5-7H,8H2,1-4H3,(H,16,17). The lowest BCUT2D eigenvalue weighted by atomic mass is 9.75. The van der Waals surface area contributed by atoms with Crippen molar-refractivity contribution >= 4 is 24.2 Å². The molecule has 0 radical (unpaired) electrons. The summed E-state index contributed by atoms with van der Waals surface area (Å²) in [6, 6.07) is 5.81. The highest BCUT2D eigenvalue weighted by atomic mass is 16.7. The Kier molecular flexibility index (Phi) is 2.56. The molecule has 1 fully saturated rings. The van der Waals surface area contributed by atoms with E-state index in [0.717, 1.165) is 16.7 Å². The molecule has 1 amide bonds. The molecule has 2 aliphatic rings. The minimum absolute atomic E-state index is 0.0268. The summed E-state index contributed by atoms with van der Waals surface area (Å²) in [4.78, 5) is 11.5. The summed E-state index contributed by atoms with van der Waals surface area (Å²) in [6.45, 7) is 8.11. The molecule has 0 aromatic heterocycles. The van der Waals surface area contributed by atoms with Crippen LogP contribution in [0.1, 0.15) is 33.3 Å². The molecule has 1 N–H and O–H groups in total. The monoisotopic (exact) mass is 259 g/mol. The number of rotatable bonds is 1. The van der Waals surface area contributed by atoms with Gasteiger partial charge in [-0.2, -0.15) is 0 Å². The second kappa shape index (κ2) is 3.84. The maximum atomic E-state index is 11.5. The summed E-state index contributed by atoms with van der Waals surface area (Å²) in [5.41, 5.74) is 2.09. The van der Waals surface area contributed by atoms with Gasteiger partial charge >= 0.3 is 7.12 Å². The second-order valence-electron chi connectivity index (χ2n) is 6.19. The molecule has 0 atom stereocenters. The average molecular weight is 259 g/mol. The zero-order chi connectivity index (χ0) is 13.8. The number of benzene rings is 1. The molecule has 19 heavy (non-hydrogen) atoms. The number of carbonyl (C=O) groups excluding carboxylic acids is 1. The van der Waals surface area contributed by atoms with Crippen molar-refractivity contribution in [1.82, 2.24) is 0 Å². The molecule has 2 heterocycles. The summed E-state index contributed by atoms with van der Waals surface area (Å²) in [5.74, 6) is 0.0268. The van der Waals surface area contributed by atoms with Crippen molar-refractivity contribution < 1.29 is 14.1 Å². The summed E-state index contributed by atoms with van der Waals surface area (Å²) in [6.07, 6.45) is 0.398. The van der Waals surface area contributed by atoms with Gasteiger partial charge in [0, 0.05) is 5.69 Å². The first-order valence-corrected chi connectivity index (χ1v) is 6.57. The first-order chi connectivity index (χ1) is 8.80. The minimum Gasteiger partial charge on any atom is -0.399 e. The van der Waals surface area contributed by atoms with Crippen LogP contribution >= 0.6 is 0 Å². The van der Waals surface area contributed by atoms with Gasteiger partial charge in [-0.1, -0.05) is 12.1 Å². The molecule has 0 bridgehead atoms. The fourth-order valence-corrected chi connectivity index (χ4v) is 2.46. The van der Waals surface area contributed by atoms with E-state index >= 15 is 0 Å². The van der Waals surface area contributed by atoms with Crippen molar-refractivity contribution in [3.05, 3.63) is 23.8 Å². The summed E-state index contributed by atoms with van der Waals surface area (Å²) < 4.78 is 12.1. The van der Waals surface area contributed by atoms with Crippen LogP contribution in [0.2, 0.25) is 0 Å². The molecule has 1 aromatic carbocycles. The summed E-state index contributed by atoms with van der Waals surface area (Å²) >= 11 is 0. The van der Waals surface area contributed by atoms with Crippen LogP contribution in [-0.4, -0.2) is 24.2 Å². The Morgan fingerprint density at radius 3 is 2.42 bits per heavy atom. The van der Waals surface area contributed by atoms with Gasteiger partial charge in [-0.25, -0.2) is 0 Å². The highest BCUT2D eigenvalue weighted by Crippen LogP contribution is 2.37. The maximum absolute atomic E-state index is 11.5. The number of anilines is 1. The molecule has 5 heteroatoms. The van der Waals surface area contributed by atoms with Crippen LogP contribution in [0.25, 0.3) is 0 Å². The highest BCUT2D eigenvalue weighted by molar-refractivity contribution is 6.63. The van der Waals surface area contributed by atoms with Crippen LogP contribution in [0.5, 0.6) is 0 Å². The van der Waals surface area contributed by atoms with Gasteiger partial charge in [-0.15, -0.1) is 0 Å². The lowest BCUT2D eigenvalue weighted by Gasteiger charge is -2.32. The number of nitrogens with one attached hydrogen (secondary N) is 1. The quantitative estimate of drug-likeness (QED) is 0.777. The topological polar surface area (TPSA) is 47.6 Å². The van der Waals surface area contributed by atoms with Gasteiger partial charge in [0.25, 0.3) is 0 Å². The molecule has 1 saturated heterocycles. The van der Waals surface area contributed by atoms with E-state index in [1.807, 2.05) is 45.9 Å². The van der Waals surface area contributed by atoms with Crippen LogP contribution in [0.3, 0.4) is 0 Å². The molecule has 1 aromatic rings. The van der Waals surface area contributed by atoms with Crippen LogP contribution in [0, 0.1) is 0 Å². The fourth-order valence-electron chi connectivity index (χ4n) is 2.46. The Labute approximate surface area is 113 Å². The highest BCUT2D eigenvalue weighted by Gasteiger charge is 2.52. The first-order valence-electron chi connectivity index (χ1n) is 6.57. The predicted octanol–water partition coefficient (Wildman–Crippen LogP) is 1.48. The Balaban J connectivity index is 1.98. The van der Waals surface area contributed by atoms with Crippen molar-refractivity contribution in [1.29, 1.82) is 0 Å². The molecular weight excluding hydrogens is 241 g/mol. The fraction of sp³-hybridized carbons (Fsp3) is 0.500. The molecule has 3 rings (SSSR count).